The summed E-state index contributed by atoms with van der Waals surface area (Å²) < 4.78 is 141. The first-order chi connectivity index (χ1) is 62.0. The minimum absolute atomic E-state index is 0.0547. The largest absolute Gasteiger partial charge is 0.395 e. The maximum Gasteiger partial charge on any atom is 0.258 e. The lowest BCUT2D eigenvalue weighted by Crippen LogP contribution is -2.21. The number of benzene rings is 10. The number of aliphatic hydroxyl groups is 2. The number of carbonyl (C=O) groups is 5. The Morgan fingerprint density at radius 1 is 0.380 bits per heavy atom. The number of fused-ring (bicyclic) bond motifs is 5. The van der Waals surface area contributed by atoms with Crippen LogP contribution < -0.4 is 54.0 Å². The molecule has 0 saturated heterocycles. The highest BCUT2D eigenvalue weighted by molar-refractivity contribution is 6.09. The quantitative estimate of drug-likeness (QED) is 0.0168. The third-order valence-corrected chi connectivity index (χ3v) is 19.4. The number of nitrogens with two attached hydrogens (primary N) is 2. The van der Waals surface area contributed by atoms with Gasteiger partial charge in [0, 0.05) is 131 Å². The molecule has 40 heteroatoms. The molecule has 0 aliphatic heterocycles. The average Bonchev–Trinajstić information content (AvgIpc) is 1.41. The van der Waals surface area contributed by atoms with Crippen LogP contribution in [0.25, 0.3) is 65.6 Å². The maximum atomic E-state index is 15.1. The Morgan fingerprint density at radius 3 is 1.09 bits per heavy atom. The molecule has 6 heterocycles. The molecule has 16 aromatic rings. The number of nitrogens with zero attached hydrogens (tertiary/aromatic N) is 8. The Hall–Kier alpha value is -15.8. The molecule has 666 valence electrons. The number of hydrogen-bond donors (Lipinski definition) is 17. The van der Waals surface area contributed by atoms with Gasteiger partial charge >= 0.3 is 0 Å². The van der Waals surface area contributed by atoms with Gasteiger partial charge in [-0.1, -0.05) is 12.1 Å². The van der Waals surface area contributed by atoms with Gasteiger partial charge in [-0.05, 0) is 173 Å². The number of halogens is 10. The van der Waals surface area contributed by atoms with Crippen LogP contribution in [-0.2, 0) is 12.8 Å². The summed E-state index contributed by atoms with van der Waals surface area (Å²) in [7, 11) is 7.55. The zero-order chi connectivity index (χ0) is 92.1. The molecule has 0 spiro atoms. The number of rotatable bonds is 27. The second-order valence-electron chi connectivity index (χ2n) is 29.1. The van der Waals surface area contributed by atoms with Gasteiger partial charge in [-0.3, -0.25) is 54.5 Å². The summed E-state index contributed by atoms with van der Waals surface area (Å²) >= 11 is 0. The highest BCUT2D eigenvalue weighted by Crippen LogP contribution is 2.38. The fraction of sp³-hybridized carbons (Fsp3) is 0.157. The van der Waals surface area contributed by atoms with E-state index in [2.05, 4.69) is 98.5 Å². The lowest BCUT2D eigenvalue weighted by molar-refractivity contribution is 0.0991. The van der Waals surface area contributed by atoms with Crippen LogP contribution in [0, 0.1) is 58.2 Å². The number of anilines is 9. The van der Waals surface area contributed by atoms with Gasteiger partial charge in [-0.15, -0.1) is 0 Å². The maximum absolute atomic E-state index is 15.1. The van der Waals surface area contributed by atoms with Crippen LogP contribution in [0.3, 0.4) is 0 Å². The van der Waals surface area contributed by atoms with E-state index in [9.17, 15) is 63.5 Å². The lowest BCUT2D eigenvalue weighted by Gasteiger charge is -2.18. The number of aromatic amines is 5. The first kappa shape index (κ1) is 92.4. The highest BCUT2D eigenvalue weighted by Gasteiger charge is 2.29. The standard InChI is InChI=1S/C21H17F2N5O.2C18H19F2N5O.2C16H14F2N4O2/c22-18-14(6-5-13-3-1-2-8-26-13)16(17(21(25)29)19(23)20(18)24)11-4-7-15-12(9-11)10-27-28-15;1-25(2)6-5-21-17-8-13(14(19)9-15(17)20)18(26)23-12-3-4-16-11(7-12)10-22-24-16;1-25(2)6-5-21-17-8-13(14(19)9-15(17)20)18(26)23-12-4-3-11-10-22-24-16(11)7-12;17-12-7-13(18)15(19-3-4-23)6-11(12)16(24)21-10-1-2-14-9(5-10)8-20-22-14;17-12-7-13(18)15(19-3-4-23)6-11(12)16(24)21-10-2-1-9-8-20-22-14(9)5-10/h1-4,7-10H,5-6,24H2,(H2,25,29)(H,27,28);2*3-4,7-10,21H,5-6H2,1-2H3,(H,22,24)(H,23,26);2*1-2,5-8,19,23H,3-4H2,(H,20,22)(H,21,24). The SMILES string of the molecule is CN(C)CCNc1cc(C(=O)Nc2ccc3[nH]ncc3c2)c(F)cc1F.CN(C)CCNc1cc(C(=O)Nc2ccc3cn[nH]c3c2)c(F)cc1F.NC(=O)c1c(F)c(N)c(F)c(CCc2ccccn2)c1-c1ccc2[nH]ncc2c1.O=C(Nc1ccc2[nH]ncc2c1)c1cc(NCCO)c(F)cc1F.O=C(Nc1ccc2cn[nH]c2c1)c1cc(NCCO)c(F)cc1F. The molecule has 19 N–H and O–H groups in total. The Labute approximate surface area is 726 Å². The van der Waals surface area contributed by atoms with E-state index in [4.69, 9.17) is 21.7 Å². The normalized spacial score (nSPS) is 11.0. The molecule has 30 nitrogen and oxygen atoms in total. The third kappa shape index (κ3) is 23.6. The van der Waals surface area contributed by atoms with Crippen molar-refractivity contribution >= 4 is 135 Å². The van der Waals surface area contributed by atoms with Gasteiger partial charge in [-0.25, -0.2) is 43.9 Å². The Bertz CT molecular complexity index is 6430. The minimum atomic E-state index is -1.15. The molecular weight excluding hydrogens is 1690 g/mol. The van der Waals surface area contributed by atoms with Gasteiger partial charge in [0.1, 0.15) is 52.2 Å². The zero-order valence-electron chi connectivity index (χ0n) is 69.0. The predicted octanol–water partition coefficient (Wildman–Crippen LogP) is 14.5. The number of carbonyl (C=O) groups excluding carboxylic acids is 5. The zero-order valence-corrected chi connectivity index (χ0v) is 69.0. The molecular formula is C89H83F10N23O7. The number of primary amides is 1. The molecule has 5 amide bonds. The lowest BCUT2D eigenvalue weighted by atomic mass is 9.89. The first-order valence-corrected chi connectivity index (χ1v) is 39.3. The predicted molar refractivity (Wildman–Crippen MR) is 473 cm³/mol. The second kappa shape index (κ2) is 42.7. The molecule has 0 radical (unpaired) electrons. The Morgan fingerprint density at radius 2 is 0.729 bits per heavy atom. The summed E-state index contributed by atoms with van der Waals surface area (Å²) in [5, 5.41) is 76.4. The summed E-state index contributed by atoms with van der Waals surface area (Å²) in [5.74, 6) is -12.7. The molecule has 0 saturated carbocycles. The molecule has 16 rings (SSSR count). The van der Waals surface area contributed by atoms with Gasteiger partial charge in [0.25, 0.3) is 29.5 Å². The van der Waals surface area contributed by atoms with Crippen LogP contribution in [0.1, 0.15) is 63.0 Å². The summed E-state index contributed by atoms with van der Waals surface area (Å²) in [6, 6.07) is 38.1. The number of hydrogen-bond acceptors (Lipinski definition) is 20. The van der Waals surface area contributed by atoms with Crippen molar-refractivity contribution in [1.82, 2.24) is 65.8 Å². The van der Waals surface area contributed by atoms with Gasteiger partial charge in [-0.2, -0.15) is 25.5 Å². The Kier molecular flexibility index (Phi) is 30.6. The van der Waals surface area contributed by atoms with Crippen molar-refractivity contribution < 1.29 is 78.1 Å². The number of aliphatic hydroxyl groups excluding tert-OH is 2. The van der Waals surface area contributed by atoms with Crippen molar-refractivity contribution in [3.8, 4) is 11.1 Å². The highest BCUT2D eigenvalue weighted by atomic mass is 19.2. The van der Waals surface area contributed by atoms with E-state index >= 15 is 4.39 Å². The van der Waals surface area contributed by atoms with E-state index in [1.165, 1.54) is 12.1 Å². The van der Waals surface area contributed by atoms with Crippen molar-refractivity contribution in [3.05, 3.63) is 292 Å². The molecule has 0 fully saturated rings. The van der Waals surface area contributed by atoms with Crippen LogP contribution in [0.15, 0.2) is 195 Å². The molecule has 0 atom stereocenters. The van der Waals surface area contributed by atoms with E-state index in [-0.39, 0.29) is 88.9 Å². The number of nitrogen functional groups attached to an aromatic ring is 1. The van der Waals surface area contributed by atoms with Crippen molar-refractivity contribution in [1.29, 1.82) is 0 Å². The van der Waals surface area contributed by atoms with Gasteiger partial charge in [0.15, 0.2) is 11.6 Å². The van der Waals surface area contributed by atoms with E-state index < -0.39 is 99.0 Å². The van der Waals surface area contributed by atoms with Crippen molar-refractivity contribution in [2.75, 3.05) is 129 Å². The van der Waals surface area contributed by atoms with Gasteiger partial charge < -0.3 is 74.0 Å². The van der Waals surface area contributed by atoms with Crippen LogP contribution in [-0.4, -0.2) is 186 Å². The van der Waals surface area contributed by atoms with Crippen LogP contribution in [0.5, 0.6) is 0 Å². The number of H-pyrrole nitrogens is 5. The van der Waals surface area contributed by atoms with Gasteiger partial charge in [0.2, 0.25) is 0 Å². The third-order valence-electron chi connectivity index (χ3n) is 19.4. The van der Waals surface area contributed by atoms with E-state index in [0.29, 0.717) is 85.2 Å². The summed E-state index contributed by atoms with van der Waals surface area (Å²) in [4.78, 5) is 69.6. The van der Waals surface area contributed by atoms with E-state index in [0.717, 1.165) is 72.3 Å². The Balaban J connectivity index is 0.000000146. The van der Waals surface area contributed by atoms with Crippen LogP contribution in [0.4, 0.5) is 95.1 Å². The molecule has 0 aliphatic rings. The topological polar surface area (TPSA) is 437 Å². The second-order valence-corrected chi connectivity index (χ2v) is 29.1. The molecule has 10 aromatic carbocycles. The monoisotopic (exact) mass is 1780 g/mol. The number of likely N-dealkylation sites (N-methyl/N-ethyl adjacent to an activating group) is 2. The van der Waals surface area contributed by atoms with E-state index in [1.807, 2.05) is 44.1 Å². The number of aryl methyl sites for hydroxylation is 1. The molecule has 0 aliphatic carbocycles. The van der Waals surface area contributed by atoms with E-state index in [1.54, 1.807) is 140 Å². The number of nitrogens with one attached hydrogen (secondary N) is 13. The van der Waals surface area contributed by atoms with Crippen molar-refractivity contribution in [2.45, 2.75) is 12.8 Å². The fourth-order valence-corrected chi connectivity index (χ4v) is 13.0. The average molecular weight is 1780 g/mol. The van der Waals surface area contributed by atoms with Crippen molar-refractivity contribution in [3.63, 3.8) is 0 Å². The minimum Gasteiger partial charge on any atom is -0.395 e. The van der Waals surface area contributed by atoms with Crippen LogP contribution in [0.2, 0.25) is 0 Å². The van der Waals surface area contributed by atoms with Crippen LogP contribution >= 0.6 is 0 Å². The summed E-state index contributed by atoms with van der Waals surface area (Å²) in [6.07, 6.45) is 10.3. The number of aromatic nitrogens is 11. The smallest absolute Gasteiger partial charge is 0.258 e. The first-order valence-electron chi connectivity index (χ1n) is 39.3. The number of pyridine rings is 1. The molecule has 6 aromatic heterocycles. The van der Waals surface area contributed by atoms with Crippen molar-refractivity contribution in [2.24, 2.45) is 5.73 Å². The fourth-order valence-electron chi connectivity index (χ4n) is 13.0. The molecule has 129 heavy (non-hydrogen) atoms. The molecule has 0 unspecified atom stereocenters. The summed E-state index contributed by atoms with van der Waals surface area (Å²) in [6.45, 7) is 2.00. The summed E-state index contributed by atoms with van der Waals surface area (Å²) in [5.41, 5.74) is 16.0. The number of amides is 5. The van der Waals surface area contributed by atoms with Gasteiger partial charge in [0.05, 0.1) is 122 Å². The molecule has 0 bridgehead atoms.